The number of thiazole rings is 1. The number of esters is 1. The maximum Gasteiger partial charge on any atom is 0.318 e. The van der Waals surface area contributed by atoms with Crippen LogP contribution in [0.15, 0.2) is 66.2 Å². The first-order chi connectivity index (χ1) is 14.0. The van der Waals surface area contributed by atoms with Gasteiger partial charge in [0.2, 0.25) is 0 Å². The largest absolute Gasteiger partial charge is 0.465 e. The van der Waals surface area contributed by atoms with Crippen LogP contribution < -0.4 is 0 Å². The molecule has 6 heteroatoms. The Hall–Kier alpha value is -2.63. The highest BCUT2D eigenvalue weighted by Crippen LogP contribution is 2.37. The van der Waals surface area contributed by atoms with Crippen molar-refractivity contribution < 1.29 is 9.53 Å². The monoisotopic (exact) mass is 424 g/mol. The lowest BCUT2D eigenvalue weighted by Crippen LogP contribution is -2.38. The van der Waals surface area contributed by atoms with Crippen molar-refractivity contribution in [3.8, 4) is 11.1 Å². The SMILES string of the molecule is CCOC(=O)C(C)(Cc1ccccc1)c1csc2c(-c3ccc(Cl)cc3)cnn12. The van der Waals surface area contributed by atoms with Gasteiger partial charge >= 0.3 is 5.97 Å². The number of fused-ring (bicyclic) bond motifs is 1. The van der Waals surface area contributed by atoms with Gasteiger partial charge in [0.05, 0.1) is 18.5 Å². The Balaban J connectivity index is 1.80. The van der Waals surface area contributed by atoms with Gasteiger partial charge in [-0.15, -0.1) is 11.3 Å². The molecule has 0 spiro atoms. The average molecular weight is 425 g/mol. The van der Waals surface area contributed by atoms with Crippen LogP contribution in [-0.4, -0.2) is 22.2 Å². The number of ether oxygens (including phenoxy) is 1. The fraction of sp³-hybridized carbons (Fsp3) is 0.217. The third-order valence-corrected chi connectivity index (χ3v) is 6.29. The Bertz CT molecular complexity index is 1130. The van der Waals surface area contributed by atoms with Crippen LogP contribution in [0.25, 0.3) is 16.0 Å². The third kappa shape index (κ3) is 3.68. The van der Waals surface area contributed by atoms with E-state index in [9.17, 15) is 4.79 Å². The molecule has 2 aromatic carbocycles. The van der Waals surface area contributed by atoms with Gasteiger partial charge in [-0.25, -0.2) is 4.52 Å². The lowest BCUT2D eigenvalue weighted by Gasteiger charge is -2.26. The molecule has 0 radical (unpaired) electrons. The number of aromatic nitrogens is 2. The van der Waals surface area contributed by atoms with E-state index < -0.39 is 5.41 Å². The smallest absolute Gasteiger partial charge is 0.318 e. The molecule has 0 fully saturated rings. The van der Waals surface area contributed by atoms with Crippen molar-refractivity contribution in [1.82, 2.24) is 9.61 Å². The average Bonchev–Trinajstić information content (AvgIpc) is 3.32. The number of nitrogens with zero attached hydrogens (tertiary/aromatic N) is 2. The molecule has 29 heavy (non-hydrogen) atoms. The van der Waals surface area contributed by atoms with Crippen LogP contribution in [0, 0.1) is 0 Å². The second-order valence-electron chi connectivity index (χ2n) is 7.12. The minimum absolute atomic E-state index is 0.243. The van der Waals surface area contributed by atoms with E-state index >= 15 is 0 Å². The molecule has 4 aromatic rings. The quantitative estimate of drug-likeness (QED) is 0.368. The van der Waals surface area contributed by atoms with Crippen molar-refractivity contribution in [2.75, 3.05) is 6.61 Å². The molecule has 1 unspecified atom stereocenters. The fourth-order valence-corrected chi connectivity index (χ4v) is 4.79. The molecule has 2 heterocycles. The van der Waals surface area contributed by atoms with Crippen molar-refractivity contribution in [2.45, 2.75) is 25.7 Å². The summed E-state index contributed by atoms with van der Waals surface area (Å²) >= 11 is 7.61. The lowest BCUT2D eigenvalue weighted by molar-refractivity contribution is -0.149. The summed E-state index contributed by atoms with van der Waals surface area (Å²) in [4.78, 5) is 14.0. The summed E-state index contributed by atoms with van der Waals surface area (Å²) in [7, 11) is 0. The first-order valence-corrected chi connectivity index (χ1v) is 10.7. The molecule has 0 bridgehead atoms. The Labute approximate surface area is 178 Å². The Morgan fingerprint density at radius 2 is 1.90 bits per heavy atom. The van der Waals surface area contributed by atoms with E-state index in [1.165, 1.54) is 0 Å². The van der Waals surface area contributed by atoms with Crippen LogP contribution in [0.5, 0.6) is 0 Å². The third-order valence-electron chi connectivity index (χ3n) is 5.08. The topological polar surface area (TPSA) is 43.6 Å². The second kappa shape index (κ2) is 8.01. The number of hydrogen-bond donors (Lipinski definition) is 0. The number of carbonyl (C=O) groups is 1. The number of rotatable bonds is 6. The predicted octanol–water partition coefficient (Wildman–Crippen LogP) is 5.78. The summed E-state index contributed by atoms with van der Waals surface area (Å²) in [6.07, 6.45) is 2.38. The number of benzene rings is 2. The highest BCUT2D eigenvalue weighted by atomic mass is 35.5. The zero-order valence-electron chi connectivity index (χ0n) is 16.3. The van der Waals surface area contributed by atoms with E-state index in [1.54, 1.807) is 11.3 Å². The second-order valence-corrected chi connectivity index (χ2v) is 8.41. The van der Waals surface area contributed by atoms with Gasteiger partial charge in [0.15, 0.2) is 0 Å². The van der Waals surface area contributed by atoms with Crippen molar-refractivity contribution >= 4 is 33.7 Å². The molecule has 4 rings (SSSR count). The Morgan fingerprint density at radius 1 is 1.17 bits per heavy atom. The lowest BCUT2D eigenvalue weighted by atomic mass is 9.81. The van der Waals surface area contributed by atoms with Gasteiger partial charge < -0.3 is 4.74 Å². The Kier molecular flexibility index (Phi) is 5.43. The van der Waals surface area contributed by atoms with Crippen molar-refractivity contribution in [1.29, 1.82) is 0 Å². The van der Waals surface area contributed by atoms with Crippen molar-refractivity contribution in [3.63, 3.8) is 0 Å². The fourth-order valence-electron chi connectivity index (χ4n) is 3.54. The first-order valence-electron chi connectivity index (χ1n) is 9.45. The molecular weight excluding hydrogens is 404 g/mol. The predicted molar refractivity (Wildman–Crippen MR) is 118 cm³/mol. The van der Waals surface area contributed by atoms with Crippen LogP contribution in [0.3, 0.4) is 0 Å². The maximum absolute atomic E-state index is 13.1. The number of halogens is 1. The molecule has 1 atom stereocenters. The summed E-state index contributed by atoms with van der Waals surface area (Å²) in [5.74, 6) is -0.243. The van der Waals surface area contributed by atoms with Crippen LogP contribution in [0.2, 0.25) is 5.02 Å². The van der Waals surface area contributed by atoms with E-state index in [4.69, 9.17) is 16.3 Å². The van der Waals surface area contributed by atoms with E-state index in [0.29, 0.717) is 18.1 Å². The van der Waals surface area contributed by atoms with Crippen LogP contribution >= 0.6 is 22.9 Å². The first kappa shape index (κ1) is 19.7. The van der Waals surface area contributed by atoms with E-state index in [0.717, 1.165) is 27.2 Å². The van der Waals surface area contributed by atoms with Gasteiger partial charge in [-0.2, -0.15) is 5.10 Å². The van der Waals surface area contributed by atoms with Gasteiger partial charge in [0.1, 0.15) is 10.2 Å². The number of hydrogen-bond acceptors (Lipinski definition) is 4. The molecule has 4 nitrogen and oxygen atoms in total. The summed E-state index contributed by atoms with van der Waals surface area (Å²) < 4.78 is 7.34. The molecule has 0 saturated heterocycles. The molecule has 2 aromatic heterocycles. The van der Waals surface area contributed by atoms with E-state index in [1.807, 2.05) is 84.5 Å². The summed E-state index contributed by atoms with van der Waals surface area (Å²) in [6, 6.07) is 17.7. The Morgan fingerprint density at radius 3 is 2.59 bits per heavy atom. The van der Waals surface area contributed by atoms with Gasteiger partial charge in [-0.3, -0.25) is 4.79 Å². The van der Waals surface area contributed by atoms with Gasteiger partial charge in [-0.05, 0) is 43.5 Å². The summed E-state index contributed by atoms with van der Waals surface area (Å²) in [5.41, 5.74) is 3.12. The van der Waals surface area contributed by atoms with Crippen LogP contribution in [0.1, 0.15) is 25.1 Å². The highest BCUT2D eigenvalue weighted by molar-refractivity contribution is 7.16. The van der Waals surface area contributed by atoms with E-state index in [2.05, 4.69) is 5.10 Å². The molecule has 0 saturated carbocycles. The van der Waals surface area contributed by atoms with Gasteiger partial charge in [0, 0.05) is 16.0 Å². The van der Waals surface area contributed by atoms with Crippen molar-refractivity contribution in [3.05, 3.63) is 82.5 Å². The van der Waals surface area contributed by atoms with Gasteiger partial charge in [0.25, 0.3) is 0 Å². The van der Waals surface area contributed by atoms with Crippen molar-refractivity contribution in [2.24, 2.45) is 0 Å². The molecule has 148 valence electrons. The van der Waals surface area contributed by atoms with Gasteiger partial charge in [-0.1, -0.05) is 54.1 Å². The van der Waals surface area contributed by atoms with Crippen LogP contribution in [0.4, 0.5) is 0 Å². The maximum atomic E-state index is 13.1. The molecule has 0 amide bonds. The minimum atomic E-state index is -0.848. The highest BCUT2D eigenvalue weighted by Gasteiger charge is 2.40. The number of carbonyl (C=O) groups excluding carboxylic acids is 1. The van der Waals surface area contributed by atoms with E-state index in [-0.39, 0.29) is 5.97 Å². The molecule has 0 N–H and O–H groups in total. The normalized spacial score (nSPS) is 13.3. The summed E-state index contributed by atoms with van der Waals surface area (Å²) in [6.45, 7) is 4.10. The minimum Gasteiger partial charge on any atom is -0.465 e. The summed E-state index contributed by atoms with van der Waals surface area (Å²) in [5, 5.41) is 7.33. The zero-order chi connectivity index (χ0) is 20.4. The molecule has 0 aliphatic carbocycles. The zero-order valence-corrected chi connectivity index (χ0v) is 17.8. The molecule has 0 aliphatic heterocycles. The molecular formula is C23H21ClN2O2S. The molecule has 0 aliphatic rings. The van der Waals surface area contributed by atoms with Crippen LogP contribution in [-0.2, 0) is 21.4 Å². The standard InChI is InChI=1S/C23H21ClN2O2S/c1-3-28-22(27)23(2,13-16-7-5-4-6-8-16)20-15-29-21-19(14-25-26(20)21)17-9-11-18(24)12-10-17/h4-12,14-15H,3,13H2,1-2H3.